The number of thiazole rings is 1. The fourth-order valence-electron chi connectivity index (χ4n) is 1.55. The van der Waals surface area contributed by atoms with Gasteiger partial charge >= 0.3 is 0 Å². The van der Waals surface area contributed by atoms with Gasteiger partial charge in [0.25, 0.3) is 0 Å². The van der Waals surface area contributed by atoms with Crippen LogP contribution in [0.2, 0.25) is 5.02 Å². The molecule has 102 valence electrons. The molecule has 2 aromatic rings. The average Bonchev–Trinajstić information content (AvgIpc) is 2.76. The lowest BCUT2D eigenvalue weighted by molar-refractivity contribution is 0.583. The summed E-state index contributed by atoms with van der Waals surface area (Å²) in [7, 11) is 0. The van der Waals surface area contributed by atoms with E-state index in [0.29, 0.717) is 6.54 Å². The van der Waals surface area contributed by atoms with Crippen molar-refractivity contribution in [2.24, 2.45) is 0 Å². The summed E-state index contributed by atoms with van der Waals surface area (Å²) in [5.74, 6) is 0. The highest BCUT2D eigenvalue weighted by Crippen LogP contribution is 2.27. The van der Waals surface area contributed by atoms with Gasteiger partial charge in [0.1, 0.15) is 0 Å². The number of halogens is 2. The van der Waals surface area contributed by atoms with Crippen molar-refractivity contribution in [2.45, 2.75) is 32.7 Å². The van der Waals surface area contributed by atoms with Crippen LogP contribution in [0.15, 0.2) is 23.6 Å². The molecule has 1 aromatic carbocycles. The first kappa shape index (κ1) is 15.1. The highest BCUT2D eigenvalue weighted by Gasteiger charge is 2.17. The van der Waals surface area contributed by atoms with E-state index in [2.05, 4.69) is 59.0 Å². The Balaban J connectivity index is 2.04. The summed E-state index contributed by atoms with van der Waals surface area (Å²) in [6.45, 7) is 7.24. The van der Waals surface area contributed by atoms with Gasteiger partial charge < -0.3 is 5.32 Å². The SMILES string of the molecule is CC(C)(C)c1nc(CNc2ccc(I)cc2Cl)cs1. The van der Waals surface area contributed by atoms with Gasteiger partial charge in [-0.1, -0.05) is 32.4 Å². The van der Waals surface area contributed by atoms with E-state index >= 15 is 0 Å². The number of hydrogen-bond donors (Lipinski definition) is 1. The first-order valence-corrected chi connectivity index (χ1v) is 8.34. The molecule has 0 amide bonds. The largest absolute Gasteiger partial charge is 0.378 e. The molecule has 0 saturated heterocycles. The third-order valence-corrected chi connectivity index (χ3v) is 4.88. The van der Waals surface area contributed by atoms with Gasteiger partial charge in [0.2, 0.25) is 0 Å². The van der Waals surface area contributed by atoms with Gasteiger partial charge in [0, 0.05) is 14.4 Å². The van der Waals surface area contributed by atoms with E-state index in [1.54, 1.807) is 11.3 Å². The van der Waals surface area contributed by atoms with Crippen LogP contribution in [-0.4, -0.2) is 4.98 Å². The number of anilines is 1. The Morgan fingerprint density at radius 3 is 2.68 bits per heavy atom. The second-order valence-corrected chi connectivity index (χ2v) is 7.88. The molecule has 1 N–H and O–H groups in total. The Bertz CT molecular complexity index is 575. The Morgan fingerprint density at radius 2 is 2.11 bits per heavy atom. The molecule has 0 radical (unpaired) electrons. The molecule has 0 atom stereocenters. The summed E-state index contributed by atoms with van der Waals surface area (Å²) in [5, 5.41) is 7.35. The smallest absolute Gasteiger partial charge is 0.0982 e. The Hall–Kier alpha value is -0.330. The van der Waals surface area contributed by atoms with E-state index in [4.69, 9.17) is 11.6 Å². The van der Waals surface area contributed by atoms with Gasteiger partial charge in [0.05, 0.1) is 28.0 Å². The standard InChI is InChI=1S/C14H16ClIN2S/c1-14(2,3)13-18-10(8-19-13)7-17-12-5-4-9(16)6-11(12)15/h4-6,8,17H,7H2,1-3H3. The minimum atomic E-state index is 0.115. The third-order valence-electron chi connectivity index (χ3n) is 2.58. The van der Waals surface area contributed by atoms with Gasteiger partial charge in [-0.3, -0.25) is 0 Å². The summed E-state index contributed by atoms with van der Waals surface area (Å²) in [4.78, 5) is 4.66. The fraction of sp³-hybridized carbons (Fsp3) is 0.357. The van der Waals surface area contributed by atoms with Crippen molar-refractivity contribution in [3.8, 4) is 0 Å². The summed E-state index contributed by atoms with van der Waals surface area (Å²) >= 11 is 10.2. The molecule has 0 aliphatic rings. The van der Waals surface area contributed by atoms with Crippen molar-refractivity contribution in [3.63, 3.8) is 0 Å². The molecule has 0 fully saturated rings. The summed E-state index contributed by atoms with van der Waals surface area (Å²) in [6, 6.07) is 5.99. The van der Waals surface area contributed by atoms with Crippen LogP contribution in [0.5, 0.6) is 0 Å². The minimum Gasteiger partial charge on any atom is -0.378 e. The molecule has 1 heterocycles. The van der Waals surface area contributed by atoms with Crippen molar-refractivity contribution >= 4 is 51.2 Å². The van der Waals surface area contributed by atoms with Crippen LogP contribution in [0.4, 0.5) is 5.69 Å². The molecule has 0 unspecified atom stereocenters. The molecule has 0 aliphatic heterocycles. The summed E-state index contributed by atoms with van der Waals surface area (Å²) < 4.78 is 1.14. The molecule has 2 rings (SSSR count). The molecule has 1 aromatic heterocycles. The van der Waals surface area contributed by atoms with Crippen LogP contribution in [-0.2, 0) is 12.0 Å². The lowest BCUT2D eigenvalue weighted by atomic mass is 9.98. The van der Waals surface area contributed by atoms with E-state index in [-0.39, 0.29) is 5.41 Å². The number of nitrogens with one attached hydrogen (secondary N) is 1. The van der Waals surface area contributed by atoms with E-state index in [0.717, 1.165) is 25.0 Å². The predicted octanol–water partition coefficient (Wildman–Crippen LogP) is 5.31. The lowest BCUT2D eigenvalue weighted by Crippen LogP contribution is -2.11. The van der Waals surface area contributed by atoms with Crippen LogP contribution >= 0.6 is 45.5 Å². The van der Waals surface area contributed by atoms with Crippen LogP contribution in [0, 0.1) is 3.57 Å². The van der Waals surface area contributed by atoms with Crippen LogP contribution in [0.3, 0.4) is 0 Å². The molecule has 5 heteroatoms. The number of benzene rings is 1. The Kier molecular flexibility index (Phi) is 4.74. The third kappa shape index (κ3) is 4.07. The van der Waals surface area contributed by atoms with Gasteiger partial charge in [-0.2, -0.15) is 0 Å². The number of nitrogens with zero attached hydrogens (tertiary/aromatic N) is 1. The maximum Gasteiger partial charge on any atom is 0.0982 e. The normalized spacial score (nSPS) is 11.6. The predicted molar refractivity (Wildman–Crippen MR) is 92.3 cm³/mol. The Morgan fingerprint density at radius 1 is 1.37 bits per heavy atom. The zero-order valence-electron chi connectivity index (χ0n) is 11.1. The van der Waals surface area contributed by atoms with Gasteiger partial charge in [-0.25, -0.2) is 4.98 Å². The quantitative estimate of drug-likeness (QED) is 0.699. The molecule has 0 bridgehead atoms. The Labute approximate surface area is 136 Å². The molecule has 19 heavy (non-hydrogen) atoms. The molecule has 0 spiro atoms. The fourth-order valence-corrected chi connectivity index (χ4v) is 3.38. The van der Waals surface area contributed by atoms with E-state index in [1.807, 2.05) is 18.2 Å². The van der Waals surface area contributed by atoms with Crippen LogP contribution in [0.1, 0.15) is 31.5 Å². The molecular weight excluding hydrogens is 391 g/mol. The highest BCUT2D eigenvalue weighted by atomic mass is 127. The van der Waals surface area contributed by atoms with E-state index < -0.39 is 0 Å². The zero-order valence-corrected chi connectivity index (χ0v) is 14.9. The van der Waals surface area contributed by atoms with Crippen molar-refractivity contribution in [3.05, 3.63) is 42.9 Å². The minimum absolute atomic E-state index is 0.115. The first-order chi connectivity index (χ1) is 8.86. The van der Waals surface area contributed by atoms with Crippen molar-refractivity contribution in [1.82, 2.24) is 4.98 Å². The summed E-state index contributed by atoms with van der Waals surface area (Å²) in [5.41, 5.74) is 2.13. The van der Waals surface area contributed by atoms with Crippen LogP contribution < -0.4 is 5.32 Å². The van der Waals surface area contributed by atoms with Crippen molar-refractivity contribution in [2.75, 3.05) is 5.32 Å². The van der Waals surface area contributed by atoms with E-state index in [9.17, 15) is 0 Å². The van der Waals surface area contributed by atoms with Crippen molar-refractivity contribution in [1.29, 1.82) is 0 Å². The monoisotopic (exact) mass is 406 g/mol. The summed E-state index contributed by atoms with van der Waals surface area (Å²) in [6.07, 6.45) is 0. The first-order valence-electron chi connectivity index (χ1n) is 6.00. The zero-order chi connectivity index (χ0) is 14.0. The molecule has 0 aliphatic carbocycles. The van der Waals surface area contributed by atoms with Crippen molar-refractivity contribution < 1.29 is 0 Å². The van der Waals surface area contributed by atoms with Gasteiger partial charge in [-0.15, -0.1) is 11.3 Å². The van der Waals surface area contributed by atoms with Crippen LogP contribution in [0.25, 0.3) is 0 Å². The lowest BCUT2D eigenvalue weighted by Gasteiger charge is -2.13. The topological polar surface area (TPSA) is 24.9 Å². The number of hydrogen-bond acceptors (Lipinski definition) is 3. The number of aromatic nitrogens is 1. The molecule has 2 nitrogen and oxygen atoms in total. The van der Waals surface area contributed by atoms with Gasteiger partial charge in [-0.05, 0) is 40.8 Å². The average molecular weight is 407 g/mol. The number of rotatable bonds is 3. The maximum atomic E-state index is 6.19. The second kappa shape index (κ2) is 5.97. The second-order valence-electron chi connectivity index (χ2n) is 5.37. The highest BCUT2D eigenvalue weighted by molar-refractivity contribution is 14.1. The molecular formula is C14H16ClIN2S. The van der Waals surface area contributed by atoms with E-state index in [1.165, 1.54) is 0 Å². The molecule has 0 saturated carbocycles. The van der Waals surface area contributed by atoms with Gasteiger partial charge in [0.15, 0.2) is 0 Å². The maximum absolute atomic E-state index is 6.19.